The normalized spacial score (nSPS) is 12.4. The first kappa shape index (κ1) is 33.3. The van der Waals surface area contributed by atoms with Gasteiger partial charge in [0.1, 0.15) is 18.3 Å². The Morgan fingerprint density at radius 2 is 1.62 bits per heavy atom. The van der Waals surface area contributed by atoms with Crippen molar-refractivity contribution < 1.29 is 22.7 Å². The lowest BCUT2D eigenvalue weighted by Crippen LogP contribution is -2.54. The highest BCUT2D eigenvalue weighted by Gasteiger charge is 2.34. The van der Waals surface area contributed by atoms with E-state index in [0.29, 0.717) is 17.4 Å². The maximum Gasteiger partial charge on any atom is 0.264 e. The first-order valence-electron chi connectivity index (χ1n) is 13.5. The molecule has 0 saturated carbocycles. The van der Waals surface area contributed by atoms with Crippen molar-refractivity contribution in [1.82, 2.24) is 10.2 Å². The lowest BCUT2D eigenvalue weighted by molar-refractivity contribution is -0.140. The summed E-state index contributed by atoms with van der Waals surface area (Å²) in [6.45, 7) is 8.79. The number of anilines is 1. The average molecular weight is 632 g/mol. The first-order valence-corrected chi connectivity index (χ1v) is 16.6. The first-order chi connectivity index (χ1) is 19.8. The largest absolute Gasteiger partial charge is 0.492 e. The molecule has 0 aliphatic carbocycles. The number of hydrogen-bond donors (Lipinski definition) is 1. The number of rotatable bonds is 12. The number of ether oxygens (including phenoxy) is 1. The Kier molecular flexibility index (Phi) is 11.3. The van der Waals surface area contributed by atoms with Crippen LogP contribution in [0.5, 0.6) is 5.75 Å². The second-order valence-corrected chi connectivity index (χ2v) is 13.8. The van der Waals surface area contributed by atoms with E-state index < -0.39 is 34.1 Å². The van der Waals surface area contributed by atoms with Crippen molar-refractivity contribution in [3.63, 3.8) is 0 Å². The summed E-state index contributed by atoms with van der Waals surface area (Å²) in [5.74, 6) is -0.599. The number of nitrogens with zero attached hydrogens (tertiary/aromatic N) is 2. The minimum atomic E-state index is -4.22. The van der Waals surface area contributed by atoms with E-state index in [1.165, 1.54) is 28.8 Å². The molecule has 0 bridgehead atoms. The second kappa shape index (κ2) is 14.3. The molecular weight excluding hydrogens is 594 g/mol. The molecule has 0 heterocycles. The summed E-state index contributed by atoms with van der Waals surface area (Å²) >= 11 is 7.56. The van der Waals surface area contributed by atoms with Gasteiger partial charge in [0, 0.05) is 22.0 Å². The highest BCUT2D eigenvalue weighted by atomic mass is 35.5. The van der Waals surface area contributed by atoms with Crippen LogP contribution in [-0.4, -0.2) is 56.1 Å². The van der Waals surface area contributed by atoms with Crippen molar-refractivity contribution in [2.75, 3.05) is 23.7 Å². The number of carbonyl (C=O) groups excluding carboxylic acids is 2. The maximum absolute atomic E-state index is 14.1. The highest BCUT2D eigenvalue weighted by molar-refractivity contribution is 7.98. The highest BCUT2D eigenvalue weighted by Crippen LogP contribution is 2.33. The van der Waals surface area contributed by atoms with Crippen LogP contribution >= 0.6 is 23.4 Å². The van der Waals surface area contributed by atoms with Gasteiger partial charge in [-0.2, -0.15) is 0 Å². The number of halogens is 1. The van der Waals surface area contributed by atoms with Gasteiger partial charge >= 0.3 is 0 Å². The molecule has 0 unspecified atom stereocenters. The summed E-state index contributed by atoms with van der Waals surface area (Å²) in [6.07, 6.45) is 1.90. The third-order valence-electron chi connectivity index (χ3n) is 6.29. The molecule has 3 rings (SSSR count). The summed E-state index contributed by atoms with van der Waals surface area (Å²) in [5.41, 5.74) is 0.426. The molecule has 42 heavy (non-hydrogen) atoms. The Hall–Kier alpha value is -3.21. The van der Waals surface area contributed by atoms with Gasteiger partial charge in [0.05, 0.1) is 17.2 Å². The number of nitrogens with one attached hydrogen (secondary N) is 1. The van der Waals surface area contributed by atoms with Crippen molar-refractivity contribution in [3.8, 4) is 5.75 Å². The van der Waals surface area contributed by atoms with E-state index in [1.54, 1.807) is 74.5 Å². The van der Waals surface area contributed by atoms with E-state index in [-0.39, 0.29) is 23.0 Å². The van der Waals surface area contributed by atoms with Crippen LogP contribution in [0.4, 0.5) is 5.69 Å². The smallest absolute Gasteiger partial charge is 0.264 e. The van der Waals surface area contributed by atoms with Crippen LogP contribution in [-0.2, 0) is 26.2 Å². The van der Waals surface area contributed by atoms with Crippen LogP contribution in [0, 0.1) is 0 Å². The SMILES string of the molecule is CCOc1ccccc1N(CC(=O)N(Cc1ccc(Cl)cc1)[C@@H](C)C(=O)NC(C)(C)C)S(=O)(=O)c1ccc(SC)cc1. The van der Waals surface area contributed by atoms with Crippen molar-refractivity contribution in [1.29, 1.82) is 0 Å². The van der Waals surface area contributed by atoms with Gasteiger partial charge in [0.15, 0.2) is 0 Å². The molecule has 3 aromatic rings. The average Bonchev–Trinajstić information content (AvgIpc) is 2.94. The molecule has 0 aliphatic rings. The Morgan fingerprint density at radius 1 is 1.00 bits per heavy atom. The van der Waals surface area contributed by atoms with Crippen LogP contribution in [0.1, 0.15) is 40.2 Å². The zero-order chi connectivity index (χ0) is 31.1. The zero-order valence-electron chi connectivity index (χ0n) is 24.8. The molecule has 0 fully saturated rings. The quantitative estimate of drug-likeness (QED) is 0.247. The summed E-state index contributed by atoms with van der Waals surface area (Å²) in [5, 5.41) is 3.45. The molecule has 1 N–H and O–H groups in total. The van der Waals surface area contributed by atoms with Crippen LogP contribution in [0.15, 0.2) is 82.6 Å². The number of carbonyl (C=O) groups is 2. The molecular formula is C31H38ClN3O5S2. The summed E-state index contributed by atoms with van der Waals surface area (Å²) in [4.78, 5) is 29.7. The number of amides is 2. The minimum absolute atomic E-state index is 0.0298. The molecule has 3 aromatic carbocycles. The fourth-order valence-electron chi connectivity index (χ4n) is 4.17. The molecule has 226 valence electrons. The zero-order valence-corrected chi connectivity index (χ0v) is 27.1. The van der Waals surface area contributed by atoms with Gasteiger partial charge in [-0.1, -0.05) is 35.9 Å². The lowest BCUT2D eigenvalue weighted by Gasteiger charge is -2.33. The number of benzene rings is 3. The van der Waals surface area contributed by atoms with Crippen LogP contribution < -0.4 is 14.4 Å². The number of hydrogen-bond acceptors (Lipinski definition) is 6. The Balaban J connectivity index is 2.09. The van der Waals surface area contributed by atoms with Gasteiger partial charge in [-0.05, 0) is 95.0 Å². The van der Waals surface area contributed by atoms with E-state index in [4.69, 9.17) is 16.3 Å². The molecule has 0 saturated heterocycles. The molecule has 0 aromatic heterocycles. The van der Waals surface area contributed by atoms with Gasteiger partial charge in [0.2, 0.25) is 11.8 Å². The van der Waals surface area contributed by atoms with Crippen molar-refractivity contribution >= 4 is 50.9 Å². The molecule has 8 nitrogen and oxygen atoms in total. The third kappa shape index (κ3) is 8.65. The fourth-order valence-corrected chi connectivity index (χ4v) is 6.13. The lowest BCUT2D eigenvalue weighted by atomic mass is 10.1. The van der Waals surface area contributed by atoms with Crippen molar-refractivity contribution in [3.05, 3.63) is 83.4 Å². The van der Waals surface area contributed by atoms with E-state index in [9.17, 15) is 18.0 Å². The molecule has 2 amide bonds. The number of thioether (sulfide) groups is 1. The Morgan fingerprint density at radius 3 is 2.19 bits per heavy atom. The van der Waals surface area contributed by atoms with Gasteiger partial charge < -0.3 is 15.0 Å². The van der Waals surface area contributed by atoms with E-state index >= 15 is 0 Å². The second-order valence-electron chi connectivity index (χ2n) is 10.7. The Labute approximate surface area is 258 Å². The Bertz CT molecular complexity index is 1470. The number of sulfonamides is 1. The van der Waals surface area contributed by atoms with Crippen molar-refractivity contribution in [2.45, 2.75) is 62.5 Å². The number of para-hydroxylation sites is 2. The van der Waals surface area contributed by atoms with Gasteiger partial charge in [0.25, 0.3) is 10.0 Å². The van der Waals surface area contributed by atoms with Crippen LogP contribution in [0.25, 0.3) is 0 Å². The van der Waals surface area contributed by atoms with E-state index in [2.05, 4.69) is 5.32 Å². The van der Waals surface area contributed by atoms with Crippen LogP contribution in [0.2, 0.25) is 5.02 Å². The van der Waals surface area contributed by atoms with Gasteiger partial charge in [-0.3, -0.25) is 13.9 Å². The molecule has 0 spiro atoms. The topological polar surface area (TPSA) is 96.0 Å². The molecule has 11 heteroatoms. The van der Waals surface area contributed by atoms with Gasteiger partial charge in [-0.25, -0.2) is 8.42 Å². The fraction of sp³-hybridized carbons (Fsp3) is 0.355. The summed E-state index contributed by atoms with van der Waals surface area (Å²) in [6, 6.07) is 19.2. The molecule has 1 atom stereocenters. The summed E-state index contributed by atoms with van der Waals surface area (Å²) in [7, 11) is -4.22. The summed E-state index contributed by atoms with van der Waals surface area (Å²) < 4.78 is 35.1. The minimum Gasteiger partial charge on any atom is -0.492 e. The van der Waals surface area contributed by atoms with E-state index in [0.717, 1.165) is 14.8 Å². The predicted molar refractivity (Wildman–Crippen MR) is 170 cm³/mol. The van der Waals surface area contributed by atoms with Crippen molar-refractivity contribution in [2.24, 2.45) is 0 Å². The monoisotopic (exact) mass is 631 g/mol. The predicted octanol–water partition coefficient (Wildman–Crippen LogP) is 5.99. The third-order valence-corrected chi connectivity index (χ3v) is 9.06. The maximum atomic E-state index is 14.1. The van der Waals surface area contributed by atoms with Crippen LogP contribution in [0.3, 0.4) is 0 Å². The van der Waals surface area contributed by atoms with E-state index in [1.807, 2.05) is 27.0 Å². The molecule has 0 radical (unpaired) electrons. The standard InChI is InChI=1S/C31H38ClN3O5S2/c1-7-40-28-11-9-8-10-27(28)35(42(38,39)26-18-16-25(41-6)17-19-26)21-29(36)34(20-23-12-14-24(32)15-13-23)22(2)30(37)33-31(3,4)5/h8-19,22H,7,20-21H2,1-6H3,(H,33,37)/t22-/m0/s1. The van der Waals surface area contributed by atoms with Gasteiger partial charge in [-0.15, -0.1) is 11.8 Å². The molecule has 0 aliphatic heterocycles.